The maximum Gasteiger partial charge on any atom is 0.315 e. The molecule has 0 radical (unpaired) electrons. The number of amides is 1. The van der Waals surface area contributed by atoms with Crippen LogP contribution in [0.2, 0.25) is 5.02 Å². The van der Waals surface area contributed by atoms with Crippen LogP contribution in [-0.4, -0.2) is 38.1 Å². The molecule has 1 fully saturated rings. The third-order valence-corrected chi connectivity index (χ3v) is 6.47. The van der Waals surface area contributed by atoms with Gasteiger partial charge in [0.05, 0.1) is 0 Å². The Morgan fingerprint density at radius 2 is 1.76 bits per heavy atom. The maximum atomic E-state index is 13.1. The van der Waals surface area contributed by atoms with E-state index in [1.807, 2.05) is 38.1 Å². The van der Waals surface area contributed by atoms with E-state index in [0.717, 1.165) is 31.2 Å². The van der Waals surface area contributed by atoms with Crippen molar-refractivity contribution in [3.05, 3.63) is 56.7 Å². The molecule has 1 aromatic heterocycles. The van der Waals surface area contributed by atoms with E-state index in [1.54, 1.807) is 9.47 Å². The Hall–Kier alpha value is -2.34. The number of benzene rings is 1. The molecule has 6 nitrogen and oxygen atoms in total. The first-order chi connectivity index (χ1) is 13.9. The number of hydrogen-bond acceptors (Lipinski definition) is 4. The monoisotopic (exact) mass is 415 g/mol. The molecule has 0 spiro atoms. The van der Waals surface area contributed by atoms with Crippen LogP contribution in [0.1, 0.15) is 67.3 Å². The Labute approximate surface area is 175 Å². The molecule has 2 aliphatic rings. The lowest BCUT2D eigenvalue weighted by Gasteiger charge is -2.36. The highest BCUT2D eigenvalue weighted by molar-refractivity contribution is 6.30. The van der Waals surface area contributed by atoms with Gasteiger partial charge >= 0.3 is 5.56 Å². The zero-order valence-corrected chi connectivity index (χ0v) is 17.5. The molecule has 2 aromatic rings. The van der Waals surface area contributed by atoms with E-state index in [4.69, 9.17) is 11.6 Å². The summed E-state index contributed by atoms with van der Waals surface area (Å²) in [5.41, 5.74) is 0.367. The SMILES string of the molecule is CC(C)N1CCn2c(C(c3ccc(Cl)cc3)C3CCCC3)nc(=O)c(O)c2C1=O. The Morgan fingerprint density at radius 1 is 1.10 bits per heavy atom. The van der Waals surface area contributed by atoms with Crippen LogP contribution >= 0.6 is 11.6 Å². The lowest BCUT2D eigenvalue weighted by molar-refractivity contribution is 0.0636. The fourth-order valence-electron chi connectivity index (χ4n) is 4.77. The zero-order chi connectivity index (χ0) is 20.7. The van der Waals surface area contributed by atoms with Crippen molar-refractivity contribution in [2.45, 2.75) is 58.0 Å². The van der Waals surface area contributed by atoms with Gasteiger partial charge in [0.15, 0.2) is 5.69 Å². The molecule has 1 aromatic carbocycles. The van der Waals surface area contributed by atoms with Gasteiger partial charge in [0.2, 0.25) is 5.75 Å². The molecule has 7 heteroatoms. The van der Waals surface area contributed by atoms with Crippen LogP contribution in [0.4, 0.5) is 0 Å². The molecule has 154 valence electrons. The van der Waals surface area contributed by atoms with Crippen molar-refractivity contribution in [1.29, 1.82) is 0 Å². The summed E-state index contributed by atoms with van der Waals surface area (Å²) in [6.45, 7) is 4.89. The predicted octanol–water partition coefficient (Wildman–Crippen LogP) is 3.79. The second-order valence-corrected chi connectivity index (χ2v) is 8.73. The molecular formula is C22H26ClN3O3. The average molecular weight is 416 g/mol. The van der Waals surface area contributed by atoms with Gasteiger partial charge in [-0.1, -0.05) is 36.6 Å². The number of aromatic hydroxyl groups is 1. The van der Waals surface area contributed by atoms with Crippen molar-refractivity contribution < 1.29 is 9.90 Å². The fourth-order valence-corrected chi connectivity index (χ4v) is 4.90. The van der Waals surface area contributed by atoms with Crippen LogP contribution < -0.4 is 5.56 Å². The molecule has 1 saturated carbocycles. The lowest BCUT2D eigenvalue weighted by atomic mass is 9.83. The lowest BCUT2D eigenvalue weighted by Crippen LogP contribution is -2.46. The molecule has 1 amide bonds. The highest BCUT2D eigenvalue weighted by atomic mass is 35.5. The summed E-state index contributed by atoms with van der Waals surface area (Å²) in [5, 5.41) is 11.1. The van der Waals surface area contributed by atoms with Gasteiger partial charge in [-0.25, -0.2) is 0 Å². The highest BCUT2D eigenvalue weighted by Crippen LogP contribution is 2.42. The predicted molar refractivity (Wildman–Crippen MR) is 112 cm³/mol. The summed E-state index contributed by atoms with van der Waals surface area (Å²) in [4.78, 5) is 31.6. The maximum absolute atomic E-state index is 13.1. The summed E-state index contributed by atoms with van der Waals surface area (Å²) >= 11 is 6.09. The van der Waals surface area contributed by atoms with Crippen molar-refractivity contribution in [2.24, 2.45) is 5.92 Å². The Bertz CT molecular complexity index is 978. The first-order valence-electron chi connectivity index (χ1n) is 10.3. The molecule has 0 bridgehead atoms. The third-order valence-electron chi connectivity index (χ3n) is 6.22. The third kappa shape index (κ3) is 3.54. The van der Waals surface area contributed by atoms with Gasteiger partial charge in [-0.15, -0.1) is 0 Å². The van der Waals surface area contributed by atoms with Gasteiger partial charge in [0, 0.05) is 30.1 Å². The number of carbonyl (C=O) groups excluding carboxylic acids is 1. The minimum Gasteiger partial charge on any atom is -0.501 e. The van der Waals surface area contributed by atoms with Crippen LogP contribution in [0.3, 0.4) is 0 Å². The van der Waals surface area contributed by atoms with Gasteiger partial charge in [-0.05, 0) is 50.3 Å². The number of hydrogen-bond donors (Lipinski definition) is 1. The van der Waals surface area contributed by atoms with Crippen molar-refractivity contribution in [2.75, 3.05) is 6.54 Å². The first kappa shape index (κ1) is 20.0. The summed E-state index contributed by atoms with van der Waals surface area (Å²) in [6.07, 6.45) is 4.38. The average Bonchev–Trinajstić information content (AvgIpc) is 3.21. The molecule has 4 rings (SSSR count). The molecule has 0 saturated heterocycles. The summed E-state index contributed by atoms with van der Waals surface area (Å²) < 4.78 is 1.77. The molecular weight excluding hydrogens is 390 g/mol. The second kappa shape index (κ2) is 7.82. The van der Waals surface area contributed by atoms with Gasteiger partial charge in [0.1, 0.15) is 5.82 Å². The molecule has 2 heterocycles. The molecule has 1 atom stereocenters. The van der Waals surface area contributed by atoms with Gasteiger partial charge in [-0.3, -0.25) is 9.59 Å². The second-order valence-electron chi connectivity index (χ2n) is 8.29. The van der Waals surface area contributed by atoms with E-state index in [1.165, 1.54) is 0 Å². The van der Waals surface area contributed by atoms with Crippen LogP contribution in [0.25, 0.3) is 0 Å². The smallest absolute Gasteiger partial charge is 0.315 e. The summed E-state index contributed by atoms with van der Waals surface area (Å²) in [5.74, 6) is -0.0624. The quantitative estimate of drug-likeness (QED) is 0.824. The van der Waals surface area contributed by atoms with Crippen molar-refractivity contribution >= 4 is 17.5 Å². The van der Waals surface area contributed by atoms with Crippen molar-refractivity contribution in [1.82, 2.24) is 14.5 Å². The van der Waals surface area contributed by atoms with Crippen LogP contribution in [0.15, 0.2) is 29.1 Å². The zero-order valence-electron chi connectivity index (χ0n) is 16.8. The van der Waals surface area contributed by atoms with Crippen LogP contribution in [0.5, 0.6) is 5.75 Å². The largest absolute Gasteiger partial charge is 0.501 e. The van der Waals surface area contributed by atoms with Gasteiger partial charge < -0.3 is 14.6 Å². The van der Waals surface area contributed by atoms with E-state index < -0.39 is 11.3 Å². The fraction of sp³-hybridized carbons (Fsp3) is 0.500. The highest BCUT2D eigenvalue weighted by Gasteiger charge is 2.37. The van der Waals surface area contributed by atoms with Crippen LogP contribution in [-0.2, 0) is 6.54 Å². The molecule has 1 aliphatic carbocycles. The molecule has 1 unspecified atom stereocenters. The van der Waals surface area contributed by atoms with E-state index in [2.05, 4.69) is 4.98 Å². The molecule has 29 heavy (non-hydrogen) atoms. The Kier molecular flexibility index (Phi) is 5.38. The number of fused-ring (bicyclic) bond motifs is 1. The summed E-state index contributed by atoms with van der Waals surface area (Å²) in [6, 6.07) is 7.63. The van der Waals surface area contributed by atoms with Gasteiger partial charge in [-0.2, -0.15) is 4.98 Å². The van der Waals surface area contributed by atoms with E-state index in [0.29, 0.717) is 29.9 Å². The Balaban J connectivity index is 1.90. The standard InChI is InChI=1S/C22H26ClN3O3/c1-13(2)25-11-12-26-18(22(25)29)19(27)21(28)24-20(26)17(14-5-3-4-6-14)15-7-9-16(23)10-8-15/h7-10,13-14,17,27H,3-6,11-12H2,1-2H3. The first-order valence-corrected chi connectivity index (χ1v) is 10.7. The molecule has 1 aliphatic heterocycles. The number of carbonyl (C=O) groups is 1. The van der Waals surface area contributed by atoms with E-state index in [-0.39, 0.29) is 23.6 Å². The topological polar surface area (TPSA) is 75.4 Å². The molecule has 1 N–H and O–H groups in total. The summed E-state index contributed by atoms with van der Waals surface area (Å²) in [7, 11) is 0. The van der Waals surface area contributed by atoms with Gasteiger partial charge in [0.25, 0.3) is 5.91 Å². The minimum absolute atomic E-state index is 0.00994. The number of rotatable bonds is 4. The normalized spacial score (nSPS) is 18.3. The number of aromatic nitrogens is 2. The van der Waals surface area contributed by atoms with Crippen molar-refractivity contribution in [3.8, 4) is 5.75 Å². The van der Waals surface area contributed by atoms with E-state index in [9.17, 15) is 14.7 Å². The van der Waals surface area contributed by atoms with Crippen molar-refractivity contribution in [3.63, 3.8) is 0 Å². The number of halogens is 1. The van der Waals surface area contributed by atoms with E-state index >= 15 is 0 Å². The number of nitrogens with zero attached hydrogens (tertiary/aromatic N) is 3. The Morgan fingerprint density at radius 3 is 2.38 bits per heavy atom. The minimum atomic E-state index is -0.734. The van der Waals surface area contributed by atoms with Crippen LogP contribution in [0, 0.1) is 5.92 Å².